The van der Waals surface area contributed by atoms with Crippen LogP contribution in [0.3, 0.4) is 0 Å². The summed E-state index contributed by atoms with van der Waals surface area (Å²) in [5, 5.41) is 17.9. The molecule has 1 aliphatic rings. The number of aromatic nitrogens is 5. The molecule has 1 aliphatic heterocycles. The molecule has 2 aromatic heterocycles. The number of esters is 1. The Morgan fingerprint density at radius 3 is 2.81 bits per heavy atom. The van der Waals surface area contributed by atoms with Crippen molar-refractivity contribution in [3.8, 4) is 17.1 Å². The van der Waals surface area contributed by atoms with Crippen molar-refractivity contribution >= 4 is 11.9 Å². The predicted octanol–water partition coefficient (Wildman–Crippen LogP) is 0.338. The number of amides is 1. The molecule has 0 saturated carbocycles. The fraction of sp³-hybridized carbons (Fsp3) is 0.188. The molecular weight excluding hydrogens is 340 g/mol. The highest BCUT2D eigenvalue weighted by atomic mass is 16.5. The molecule has 26 heavy (non-hydrogen) atoms. The van der Waals surface area contributed by atoms with Crippen molar-refractivity contribution in [2.75, 3.05) is 6.61 Å². The van der Waals surface area contributed by atoms with Crippen molar-refractivity contribution in [2.45, 2.75) is 13.3 Å². The van der Waals surface area contributed by atoms with Crippen LogP contribution in [-0.4, -0.2) is 48.1 Å². The average molecular weight is 354 g/mol. The Bertz CT molecular complexity index is 1050. The number of imidazole rings is 1. The van der Waals surface area contributed by atoms with Crippen LogP contribution in [0.2, 0.25) is 0 Å². The minimum atomic E-state index is -0.683. The van der Waals surface area contributed by atoms with E-state index >= 15 is 0 Å². The van der Waals surface area contributed by atoms with Gasteiger partial charge >= 0.3 is 5.97 Å². The number of benzene rings is 1. The minimum Gasteiger partial charge on any atom is -0.508 e. The lowest BCUT2D eigenvalue weighted by Crippen LogP contribution is -2.16. The predicted molar refractivity (Wildman–Crippen MR) is 87.4 cm³/mol. The molecule has 1 amide bonds. The molecule has 1 aromatic carbocycles. The van der Waals surface area contributed by atoms with Crippen LogP contribution >= 0.6 is 0 Å². The summed E-state index contributed by atoms with van der Waals surface area (Å²) in [7, 11) is 0. The van der Waals surface area contributed by atoms with Crippen LogP contribution in [0.15, 0.2) is 24.5 Å². The minimum absolute atomic E-state index is 0.0153. The number of hydrogen-bond acceptors (Lipinski definition) is 7. The van der Waals surface area contributed by atoms with Gasteiger partial charge in [0.25, 0.3) is 5.91 Å². The van der Waals surface area contributed by atoms with Crippen molar-refractivity contribution in [3.63, 3.8) is 0 Å². The highest BCUT2D eigenvalue weighted by Gasteiger charge is 2.30. The van der Waals surface area contributed by atoms with Gasteiger partial charge in [0.2, 0.25) is 0 Å². The molecule has 0 bridgehead atoms. The Kier molecular flexibility index (Phi) is 3.46. The van der Waals surface area contributed by atoms with Gasteiger partial charge in [-0.15, -0.1) is 5.10 Å². The summed E-state index contributed by atoms with van der Waals surface area (Å²) in [5.41, 5.74) is 7.56. The molecule has 132 valence electrons. The first kappa shape index (κ1) is 15.8. The molecule has 10 heteroatoms. The molecule has 0 unspecified atom stereocenters. The fourth-order valence-corrected chi connectivity index (χ4v) is 3.01. The van der Waals surface area contributed by atoms with E-state index in [0.717, 1.165) is 0 Å². The zero-order valence-electron chi connectivity index (χ0n) is 13.7. The van der Waals surface area contributed by atoms with Gasteiger partial charge in [-0.3, -0.25) is 9.36 Å². The Labute approximate surface area is 146 Å². The summed E-state index contributed by atoms with van der Waals surface area (Å²) >= 11 is 0. The monoisotopic (exact) mass is 354 g/mol. The van der Waals surface area contributed by atoms with E-state index < -0.39 is 11.9 Å². The second-order valence-corrected chi connectivity index (χ2v) is 5.64. The van der Waals surface area contributed by atoms with E-state index in [4.69, 9.17) is 10.5 Å². The molecule has 10 nitrogen and oxygen atoms in total. The van der Waals surface area contributed by atoms with Crippen LogP contribution in [0.1, 0.15) is 39.3 Å². The number of carbonyl (C=O) groups is 2. The SMILES string of the molecule is CCOC(=O)c1nnn2c1Cc1c(C(N)=O)ncn1-c1ccc(O)cc1-2. The maximum atomic E-state index is 12.2. The topological polar surface area (TPSA) is 138 Å². The molecule has 0 radical (unpaired) electrons. The van der Waals surface area contributed by atoms with Gasteiger partial charge in [0.15, 0.2) is 5.69 Å². The number of fused-ring (bicyclic) bond motifs is 5. The van der Waals surface area contributed by atoms with Crippen molar-refractivity contribution in [3.05, 3.63) is 47.3 Å². The van der Waals surface area contributed by atoms with Gasteiger partial charge in [0, 0.05) is 12.5 Å². The summed E-state index contributed by atoms with van der Waals surface area (Å²) in [6.45, 7) is 1.88. The first-order valence-electron chi connectivity index (χ1n) is 7.82. The number of hydrogen-bond donors (Lipinski definition) is 2. The van der Waals surface area contributed by atoms with Crippen LogP contribution in [0, 0.1) is 0 Å². The van der Waals surface area contributed by atoms with Gasteiger partial charge in [0.1, 0.15) is 17.8 Å². The molecular formula is C16H14N6O4. The number of nitrogens with zero attached hydrogens (tertiary/aromatic N) is 5. The lowest BCUT2D eigenvalue weighted by Gasteiger charge is -2.09. The third-order valence-corrected chi connectivity index (χ3v) is 4.11. The van der Waals surface area contributed by atoms with E-state index in [1.165, 1.54) is 23.1 Å². The average Bonchev–Trinajstić information content (AvgIpc) is 3.17. The van der Waals surface area contributed by atoms with E-state index in [-0.39, 0.29) is 30.2 Å². The van der Waals surface area contributed by atoms with Crippen molar-refractivity contribution < 1.29 is 19.4 Å². The number of carbonyl (C=O) groups excluding carboxylic acids is 2. The van der Waals surface area contributed by atoms with E-state index in [1.54, 1.807) is 17.6 Å². The smallest absolute Gasteiger partial charge is 0.360 e. The molecule has 0 saturated heterocycles. The van der Waals surface area contributed by atoms with E-state index in [9.17, 15) is 14.7 Å². The molecule has 3 N–H and O–H groups in total. The maximum Gasteiger partial charge on any atom is 0.360 e. The lowest BCUT2D eigenvalue weighted by atomic mass is 10.1. The number of rotatable bonds is 3. The molecule has 4 rings (SSSR count). The summed E-state index contributed by atoms with van der Waals surface area (Å²) in [5.74, 6) is -1.29. The number of phenolic OH excluding ortho intramolecular Hbond substituents is 1. The van der Waals surface area contributed by atoms with Crippen LogP contribution in [0.25, 0.3) is 11.4 Å². The fourth-order valence-electron chi connectivity index (χ4n) is 3.01. The van der Waals surface area contributed by atoms with E-state index in [2.05, 4.69) is 15.3 Å². The number of nitrogens with two attached hydrogens (primary N) is 1. The molecule has 3 aromatic rings. The third-order valence-electron chi connectivity index (χ3n) is 4.11. The second-order valence-electron chi connectivity index (χ2n) is 5.64. The molecule has 0 aliphatic carbocycles. The standard InChI is InChI=1S/C16H14N6O4/c1-2-26-16(25)14-12-6-11-13(15(17)24)18-7-21(11)9-4-3-8(23)5-10(9)22(12)20-19-14/h3-5,7,23H,2,6H2,1H3,(H2,17,24). The number of primary amides is 1. The Morgan fingerprint density at radius 2 is 2.08 bits per heavy atom. The molecule has 0 spiro atoms. The molecule has 0 atom stereocenters. The lowest BCUT2D eigenvalue weighted by molar-refractivity contribution is 0.0518. The van der Waals surface area contributed by atoms with Gasteiger partial charge in [-0.05, 0) is 19.1 Å². The normalized spacial score (nSPS) is 11.9. The van der Waals surface area contributed by atoms with Crippen LogP contribution in [-0.2, 0) is 11.2 Å². The Balaban J connectivity index is 2.02. The highest BCUT2D eigenvalue weighted by molar-refractivity contribution is 5.93. The Morgan fingerprint density at radius 1 is 1.27 bits per heavy atom. The van der Waals surface area contributed by atoms with Gasteiger partial charge in [-0.25, -0.2) is 14.5 Å². The van der Waals surface area contributed by atoms with Gasteiger partial charge in [0.05, 0.1) is 29.4 Å². The summed E-state index contributed by atoms with van der Waals surface area (Å²) in [6, 6.07) is 4.64. The molecule has 0 fully saturated rings. The molecule has 3 heterocycles. The largest absolute Gasteiger partial charge is 0.508 e. The van der Waals surface area contributed by atoms with E-state index in [1.807, 2.05) is 0 Å². The quantitative estimate of drug-likeness (QED) is 0.506. The number of phenols is 1. The maximum absolute atomic E-state index is 12.2. The first-order valence-corrected chi connectivity index (χ1v) is 7.82. The van der Waals surface area contributed by atoms with Crippen LogP contribution in [0.5, 0.6) is 5.75 Å². The van der Waals surface area contributed by atoms with Crippen LogP contribution in [0.4, 0.5) is 0 Å². The van der Waals surface area contributed by atoms with Gasteiger partial charge < -0.3 is 15.6 Å². The van der Waals surface area contributed by atoms with Gasteiger partial charge in [-0.2, -0.15) is 0 Å². The van der Waals surface area contributed by atoms with Crippen molar-refractivity contribution in [2.24, 2.45) is 5.73 Å². The summed E-state index contributed by atoms with van der Waals surface area (Å²) < 4.78 is 8.16. The van der Waals surface area contributed by atoms with E-state index in [0.29, 0.717) is 22.8 Å². The van der Waals surface area contributed by atoms with Gasteiger partial charge in [-0.1, -0.05) is 5.21 Å². The first-order chi connectivity index (χ1) is 12.5. The third kappa shape index (κ3) is 2.23. The zero-order valence-corrected chi connectivity index (χ0v) is 13.7. The van der Waals surface area contributed by atoms with Crippen LogP contribution < -0.4 is 5.73 Å². The number of ether oxygens (including phenoxy) is 1. The highest BCUT2D eigenvalue weighted by Crippen LogP contribution is 2.32. The summed E-state index contributed by atoms with van der Waals surface area (Å²) in [6.07, 6.45) is 1.60. The number of aromatic hydroxyl groups is 1. The van der Waals surface area contributed by atoms with Crippen molar-refractivity contribution in [1.29, 1.82) is 0 Å². The second kappa shape index (κ2) is 5.69. The Hall–Kier alpha value is -3.69. The summed E-state index contributed by atoms with van der Waals surface area (Å²) in [4.78, 5) is 28.1. The zero-order chi connectivity index (χ0) is 18.4. The van der Waals surface area contributed by atoms with Crippen molar-refractivity contribution in [1.82, 2.24) is 24.5 Å².